The van der Waals surface area contributed by atoms with Crippen LogP contribution in [0.2, 0.25) is 0 Å². The van der Waals surface area contributed by atoms with Crippen molar-refractivity contribution < 1.29 is 0 Å². The van der Waals surface area contributed by atoms with Crippen LogP contribution in [0.5, 0.6) is 0 Å². The molecule has 0 N–H and O–H groups in total. The summed E-state index contributed by atoms with van der Waals surface area (Å²) < 4.78 is 3.11. The molecule has 1 nitrogen and oxygen atoms in total. The molecule has 0 amide bonds. The number of nitrogens with zero attached hydrogens (tertiary/aromatic N) is 1. The highest BCUT2D eigenvalue weighted by Crippen LogP contribution is 2.21. The Morgan fingerprint density at radius 2 is 2.07 bits per heavy atom. The zero-order valence-electron chi connectivity index (χ0n) is 8.86. The molecule has 2 rings (SSSR count). The molecule has 1 aromatic heterocycles. The van der Waals surface area contributed by atoms with Crippen LogP contribution in [-0.2, 0) is 6.42 Å². The van der Waals surface area contributed by atoms with Crippen molar-refractivity contribution in [3.63, 3.8) is 0 Å². The van der Waals surface area contributed by atoms with Crippen LogP contribution >= 0.6 is 23.6 Å². The maximum Gasteiger partial charge on any atom is 0.165 e. The standard InChI is InChI=1S/C12H13NS2/c1-3-10-8-15-12(14)13(10)11-7-5-4-6-9(11)2/h4-8H,3H2,1-2H3. The van der Waals surface area contributed by atoms with E-state index in [4.69, 9.17) is 12.2 Å². The number of para-hydroxylation sites is 1. The van der Waals surface area contributed by atoms with Gasteiger partial charge in [-0.05, 0) is 37.2 Å². The number of hydrogen-bond acceptors (Lipinski definition) is 2. The Kier molecular flexibility index (Phi) is 3.03. The molecule has 0 saturated heterocycles. The van der Waals surface area contributed by atoms with Crippen molar-refractivity contribution in [2.45, 2.75) is 20.3 Å². The van der Waals surface area contributed by atoms with E-state index in [2.05, 4.69) is 48.1 Å². The molecule has 0 fully saturated rings. The lowest BCUT2D eigenvalue weighted by molar-refractivity contribution is 0.922. The van der Waals surface area contributed by atoms with Crippen LogP contribution in [0, 0.1) is 10.9 Å². The van der Waals surface area contributed by atoms with Crippen LogP contribution in [0.4, 0.5) is 0 Å². The topological polar surface area (TPSA) is 4.93 Å². The van der Waals surface area contributed by atoms with Crippen LogP contribution in [-0.4, -0.2) is 4.57 Å². The Labute approximate surface area is 99.0 Å². The predicted octanol–water partition coefficient (Wildman–Crippen LogP) is 4.14. The molecule has 1 heterocycles. The minimum absolute atomic E-state index is 0.932. The summed E-state index contributed by atoms with van der Waals surface area (Å²) in [5.41, 5.74) is 3.77. The fourth-order valence-electron chi connectivity index (χ4n) is 1.65. The van der Waals surface area contributed by atoms with Gasteiger partial charge in [-0.25, -0.2) is 0 Å². The van der Waals surface area contributed by atoms with E-state index in [0.29, 0.717) is 0 Å². The Balaban J connectivity index is 2.68. The largest absolute Gasteiger partial charge is 0.296 e. The first-order chi connectivity index (χ1) is 7.24. The highest BCUT2D eigenvalue weighted by molar-refractivity contribution is 7.73. The number of thiazole rings is 1. The second kappa shape index (κ2) is 4.29. The fourth-order valence-corrected chi connectivity index (χ4v) is 2.84. The van der Waals surface area contributed by atoms with Crippen LogP contribution in [0.25, 0.3) is 5.69 Å². The molecule has 0 aliphatic carbocycles. The lowest BCUT2D eigenvalue weighted by Crippen LogP contribution is -2.00. The molecule has 0 radical (unpaired) electrons. The number of aromatic nitrogens is 1. The minimum atomic E-state index is 0.932. The molecule has 0 aliphatic rings. The third-order valence-corrected chi connectivity index (χ3v) is 3.73. The monoisotopic (exact) mass is 235 g/mol. The van der Waals surface area contributed by atoms with Crippen molar-refractivity contribution in [2.75, 3.05) is 0 Å². The van der Waals surface area contributed by atoms with Crippen molar-refractivity contribution in [2.24, 2.45) is 0 Å². The molecular formula is C12H13NS2. The zero-order chi connectivity index (χ0) is 10.8. The van der Waals surface area contributed by atoms with Gasteiger partial charge in [-0.1, -0.05) is 25.1 Å². The molecule has 78 valence electrons. The van der Waals surface area contributed by atoms with E-state index < -0.39 is 0 Å². The minimum Gasteiger partial charge on any atom is -0.296 e. The summed E-state index contributed by atoms with van der Waals surface area (Å²) in [4.78, 5) is 0. The molecule has 0 atom stereocenters. The number of hydrogen-bond donors (Lipinski definition) is 0. The van der Waals surface area contributed by atoms with E-state index >= 15 is 0 Å². The van der Waals surface area contributed by atoms with Crippen molar-refractivity contribution >= 4 is 23.6 Å². The average Bonchev–Trinajstić information content (AvgIpc) is 2.60. The Hall–Kier alpha value is -0.930. The van der Waals surface area contributed by atoms with Gasteiger partial charge in [0.2, 0.25) is 0 Å². The molecule has 2 aromatic rings. The summed E-state index contributed by atoms with van der Waals surface area (Å²) in [6.45, 7) is 4.28. The summed E-state index contributed by atoms with van der Waals surface area (Å²) in [6.07, 6.45) is 1.02. The number of rotatable bonds is 2. The van der Waals surface area contributed by atoms with E-state index in [1.54, 1.807) is 11.3 Å². The van der Waals surface area contributed by atoms with E-state index in [1.165, 1.54) is 16.9 Å². The van der Waals surface area contributed by atoms with E-state index in [9.17, 15) is 0 Å². The summed E-state index contributed by atoms with van der Waals surface area (Å²) in [7, 11) is 0. The van der Waals surface area contributed by atoms with Gasteiger partial charge in [0.05, 0.1) is 5.69 Å². The quantitative estimate of drug-likeness (QED) is 0.708. The number of benzene rings is 1. The van der Waals surface area contributed by atoms with Gasteiger partial charge in [0.15, 0.2) is 3.95 Å². The zero-order valence-corrected chi connectivity index (χ0v) is 10.5. The maximum atomic E-state index is 5.36. The second-order valence-electron chi connectivity index (χ2n) is 3.47. The third kappa shape index (κ3) is 1.90. The lowest BCUT2D eigenvalue weighted by atomic mass is 10.2. The van der Waals surface area contributed by atoms with Gasteiger partial charge < -0.3 is 0 Å². The molecule has 1 aromatic carbocycles. The van der Waals surface area contributed by atoms with Crippen molar-refractivity contribution in [1.29, 1.82) is 0 Å². The smallest absolute Gasteiger partial charge is 0.165 e. The first kappa shape index (κ1) is 10.6. The summed E-state index contributed by atoms with van der Waals surface area (Å²) >= 11 is 7.00. The van der Waals surface area contributed by atoms with Gasteiger partial charge in [0.25, 0.3) is 0 Å². The van der Waals surface area contributed by atoms with Gasteiger partial charge in [0.1, 0.15) is 0 Å². The van der Waals surface area contributed by atoms with Crippen molar-refractivity contribution in [3.8, 4) is 5.69 Å². The Morgan fingerprint density at radius 1 is 1.33 bits per heavy atom. The molecular weight excluding hydrogens is 222 g/mol. The normalized spacial score (nSPS) is 10.5. The van der Waals surface area contributed by atoms with Gasteiger partial charge in [-0.3, -0.25) is 4.57 Å². The highest BCUT2D eigenvalue weighted by atomic mass is 32.1. The summed E-state index contributed by atoms with van der Waals surface area (Å²) in [6, 6.07) is 8.35. The first-order valence-corrected chi connectivity index (χ1v) is 6.28. The summed E-state index contributed by atoms with van der Waals surface area (Å²) in [5.74, 6) is 0. The molecule has 3 heteroatoms. The Morgan fingerprint density at radius 3 is 2.73 bits per heavy atom. The van der Waals surface area contributed by atoms with Crippen molar-refractivity contribution in [1.82, 2.24) is 4.57 Å². The molecule has 0 spiro atoms. The SMILES string of the molecule is CCc1csc(=S)n1-c1ccccc1C. The fraction of sp³-hybridized carbons (Fsp3) is 0.250. The van der Waals surface area contributed by atoms with Crippen molar-refractivity contribution in [3.05, 3.63) is 44.9 Å². The first-order valence-electron chi connectivity index (χ1n) is 4.99. The molecule has 0 unspecified atom stereocenters. The maximum absolute atomic E-state index is 5.36. The lowest BCUT2D eigenvalue weighted by Gasteiger charge is -2.09. The molecule has 0 aliphatic heterocycles. The van der Waals surface area contributed by atoms with E-state index in [0.717, 1.165) is 10.4 Å². The van der Waals surface area contributed by atoms with Gasteiger partial charge in [-0.15, -0.1) is 11.3 Å². The number of aryl methyl sites for hydroxylation is 2. The van der Waals surface area contributed by atoms with E-state index in [-0.39, 0.29) is 0 Å². The molecule has 15 heavy (non-hydrogen) atoms. The van der Waals surface area contributed by atoms with Crippen LogP contribution in [0.15, 0.2) is 29.6 Å². The van der Waals surface area contributed by atoms with Crippen LogP contribution < -0.4 is 0 Å². The molecule has 0 bridgehead atoms. The van der Waals surface area contributed by atoms with Gasteiger partial charge in [-0.2, -0.15) is 0 Å². The average molecular weight is 235 g/mol. The van der Waals surface area contributed by atoms with Gasteiger partial charge >= 0.3 is 0 Å². The Bertz CT molecular complexity index is 522. The molecule has 0 saturated carbocycles. The highest BCUT2D eigenvalue weighted by Gasteiger charge is 2.06. The van der Waals surface area contributed by atoms with E-state index in [1.807, 2.05) is 0 Å². The second-order valence-corrected chi connectivity index (χ2v) is 4.97. The van der Waals surface area contributed by atoms with Crippen LogP contribution in [0.1, 0.15) is 18.2 Å². The van der Waals surface area contributed by atoms with Gasteiger partial charge in [0, 0.05) is 11.1 Å². The predicted molar refractivity (Wildman–Crippen MR) is 68.6 cm³/mol. The van der Waals surface area contributed by atoms with Crippen LogP contribution in [0.3, 0.4) is 0 Å². The summed E-state index contributed by atoms with van der Waals surface area (Å²) in [5, 5.41) is 2.15. The third-order valence-electron chi connectivity index (χ3n) is 2.48.